The number of aromatic nitrogens is 2. The summed E-state index contributed by atoms with van der Waals surface area (Å²) in [5.41, 5.74) is 1.05. The second-order valence-electron chi connectivity index (χ2n) is 4.99. The molecule has 2 aromatic rings. The summed E-state index contributed by atoms with van der Waals surface area (Å²) in [6.07, 6.45) is 1.93. The first-order valence-corrected chi connectivity index (χ1v) is 8.60. The summed E-state index contributed by atoms with van der Waals surface area (Å²) >= 11 is 7.53. The van der Waals surface area contributed by atoms with Gasteiger partial charge in [-0.3, -0.25) is 0 Å². The fourth-order valence-electron chi connectivity index (χ4n) is 2.48. The number of nitrogens with zero attached hydrogens (tertiary/aromatic N) is 4. The van der Waals surface area contributed by atoms with E-state index in [1.165, 1.54) is 23.9 Å². The molecule has 1 saturated heterocycles. The highest BCUT2D eigenvalue weighted by Crippen LogP contribution is 2.23. The lowest BCUT2D eigenvalue weighted by molar-refractivity contribution is 0.623. The van der Waals surface area contributed by atoms with Gasteiger partial charge in [-0.1, -0.05) is 23.4 Å². The molecular formula is C15H16ClFN4S. The third-order valence-corrected chi connectivity index (χ3v) is 4.38. The molecule has 0 saturated carbocycles. The maximum Gasteiger partial charge on any atom is 0.190 e. The van der Waals surface area contributed by atoms with Gasteiger partial charge in [-0.15, -0.1) is 0 Å². The van der Waals surface area contributed by atoms with Gasteiger partial charge in [-0.25, -0.2) is 14.4 Å². The van der Waals surface area contributed by atoms with Crippen molar-refractivity contribution in [3.8, 4) is 0 Å². The monoisotopic (exact) mass is 338 g/mol. The number of hydrogen-bond donors (Lipinski definition) is 0. The molecule has 0 N–H and O–H groups in total. The van der Waals surface area contributed by atoms with Crippen LogP contribution < -0.4 is 9.80 Å². The fourth-order valence-corrected chi connectivity index (χ4v) is 3.09. The quantitative estimate of drug-likeness (QED) is 0.487. The summed E-state index contributed by atoms with van der Waals surface area (Å²) in [4.78, 5) is 13.1. The second-order valence-corrected chi connectivity index (χ2v) is 6.15. The standard InChI is InChI=1S/C15H16ClFN4S/c1-22-15-18-13(16)10-14(19-15)21-8-6-20(7-9-21)12-4-2-11(17)3-5-12/h2-5,10H,6-9H2,1H3. The number of benzene rings is 1. The van der Waals surface area contributed by atoms with E-state index in [4.69, 9.17) is 11.6 Å². The van der Waals surface area contributed by atoms with Crippen molar-refractivity contribution in [1.82, 2.24) is 9.97 Å². The van der Waals surface area contributed by atoms with Crippen LogP contribution in [-0.4, -0.2) is 42.4 Å². The average Bonchev–Trinajstić information content (AvgIpc) is 2.55. The molecule has 0 spiro atoms. The number of thioether (sulfide) groups is 1. The molecule has 0 bridgehead atoms. The molecule has 0 atom stereocenters. The highest BCUT2D eigenvalue weighted by molar-refractivity contribution is 7.98. The summed E-state index contributed by atoms with van der Waals surface area (Å²) in [7, 11) is 0. The Morgan fingerprint density at radius 1 is 1.05 bits per heavy atom. The number of halogens is 2. The first kappa shape index (κ1) is 15.4. The van der Waals surface area contributed by atoms with Crippen molar-refractivity contribution < 1.29 is 4.39 Å². The van der Waals surface area contributed by atoms with Crippen molar-refractivity contribution in [2.75, 3.05) is 42.2 Å². The molecule has 4 nitrogen and oxygen atoms in total. The molecule has 1 aliphatic heterocycles. The van der Waals surface area contributed by atoms with E-state index >= 15 is 0 Å². The number of hydrogen-bond acceptors (Lipinski definition) is 5. The minimum absolute atomic E-state index is 0.206. The van der Waals surface area contributed by atoms with E-state index in [-0.39, 0.29) is 5.82 Å². The Balaban J connectivity index is 1.69. The molecule has 116 valence electrons. The van der Waals surface area contributed by atoms with Gasteiger partial charge in [0.25, 0.3) is 0 Å². The Morgan fingerprint density at radius 2 is 1.68 bits per heavy atom. The lowest BCUT2D eigenvalue weighted by atomic mass is 10.2. The molecule has 1 aromatic heterocycles. The Kier molecular flexibility index (Phi) is 4.69. The van der Waals surface area contributed by atoms with E-state index in [2.05, 4.69) is 19.8 Å². The van der Waals surface area contributed by atoms with Crippen molar-refractivity contribution in [2.24, 2.45) is 0 Å². The number of anilines is 2. The minimum Gasteiger partial charge on any atom is -0.368 e. The first-order chi connectivity index (χ1) is 10.7. The lowest BCUT2D eigenvalue weighted by Crippen LogP contribution is -2.46. The van der Waals surface area contributed by atoms with Crippen LogP contribution in [0.5, 0.6) is 0 Å². The molecule has 7 heteroatoms. The average molecular weight is 339 g/mol. The summed E-state index contributed by atoms with van der Waals surface area (Å²) in [6, 6.07) is 8.43. The van der Waals surface area contributed by atoms with Crippen molar-refractivity contribution in [1.29, 1.82) is 0 Å². The molecule has 1 aliphatic rings. The highest BCUT2D eigenvalue weighted by atomic mass is 35.5. The molecule has 0 aliphatic carbocycles. The van der Waals surface area contributed by atoms with Crippen molar-refractivity contribution >= 4 is 34.9 Å². The van der Waals surface area contributed by atoms with E-state index in [0.29, 0.717) is 10.3 Å². The van der Waals surface area contributed by atoms with E-state index in [0.717, 1.165) is 37.7 Å². The number of rotatable bonds is 3. The summed E-state index contributed by atoms with van der Waals surface area (Å²) < 4.78 is 13.0. The van der Waals surface area contributed by atoms with Crippen LogP contribution >= 0.6 is 23.4 Å². The Morgan fingerprint density at radius 3 is 2.32 bits per heavy atom. The van der Waals surface area contributed by atoms with Gasteiger partial charge in [0.1, 0.15) is 16.8 Å². The van der Waals surface area contributed by atoms with E-state index in [9.17, 15) is 4.39 Å². The molecule has 2 heterocycles. The van der Waals surface area contributed by atoms with Crippen LogP contribution in [0.4, 0.5) is 15.9 Å². The summed E-state index contributed by atoms with van der Waals surface area (Å²) in [5.74, 6) is 0.658. The van der Waals surface area contributed by atoms with Gasteiger partial charge in [0.05, 0.1) is 0 Å². The molecule has 3 rings (SSSR count). The Bertz CT molecular complexity index is 644. The van der Waals surface area contributed by atoms with Crippen molar-refractivity contribution in [3.05, 3.63) is 41.3 Å². The highest BCUT2D eigenvalue weighted by Gasteiger charge is 2.19. The van der Waals surface area contributed by atoms with Crippen LogP contribution in [-0.2, 0) is 0 Å². The van der Waals surface area contributed by atoms with Crippen molar-refractivity contribution in [3.63, 3.8) is 0 Å². The van der Waals surface area contributed by atoms with E-state index in [1.807, 2.05) is 18.4 Å². The van der Waals surface area contributed by atoms with Crippen LogP contribution in [0.2, 0.25) is 5.15 Å². The molecule has 1 aromatic carbocycles. The summed E-state index contributed by atoms with van der Waals surface area (Å²) in [5, 5.41) is 1.15. The molecule has 22 heavy (non-hydrogen) atoms. The van der Waals surface area contributed by atoms with Gasteiger partial charge in [0.2, 0.25) is 0 Å². The largest absolute Gasteiger partial charge is 0.368 e. The molecule has 0 amide bonds. The lowest BCUT2D eigenvalue weighted by Gasteiger charge is -2.36. The second kappa shape index (κ2) is 6.71. The van der Waals surface area contributed by atoms with E-state index in [1.54, 1.807) is 6.07 Å². The maximum absolute atomic E-state index is 13.0. The van der Waals surface area contributed by atoms with Crippen LogP contribution in [0.15, 0.2) is 35.5 Å². The first-order valence-electron chi connectivity index (χ1n) is 7.00. The third kappa shape index (κ3) is 3.44. The Hall–Kier alpha value is -1.53. The fraction of sp³-hybridized carbons (Fsp3) is 0.333. The topological polar surface area (TPSA) is 32.3 Å². The van der Waals surface area contributed by atoms with E-state index < -0.39 is 0 Å². The zero-order chi connectivity index (χ0) is 15.5. The zero-order valence-electron chi connectivity index (χ0n) is 12.2. The normalized spacial score (nSPS) is 15.2. The van der Waals surface area contributed by atoms with Gasteiger partial charge in [-0.05, 0) is 30.5 Å². The van der Waals surface area contributed by atoms with Gasteiger partial charge in [0.15, 0.2) is 5.16 Å². The minimum atomic E-state index is -0.206. The van der Waals surface area contributed by atoms with Crippen LogP contribution in [0.25, 0.3) is 0 Å². The molecule has 0 unspecified atom stereocenters. The van der Waals surface area contributed by atoms with Gasteiger partial charge >= 0.3 is 0 Å². The van der Waals surface area contributed by atoms with Crippen molar-refractivity contribution in [2.45, 2.75) is 5.16 Å². The van der Waals surface area contributed by atoms with Crippen LogP contribution in [0, 0.1) is 5.82 Å². The third-order valence-electron chi connectivity index (χ3n) is 3.64. The number of piperazine rings is 1. The molecule has 0 radical (unpaired) electrons. The molecule has 1 fully saturated rings. The summed E-state index contributed by atoms with van der Waals surface area (Å²) in [6.45, 7) is 3.42. The smallest absolute Gasteiger partial charge is 0.190 e. The molecular weight excluding hydrogens is 323 g/mol. The predicted octanol–water partition coefficient (Wildman–Crippen LogP) is 3.32. The zero-order valence-corrected chi connectivity index (χ0v) is 13.7. The SMILES string of the molecule is CSc1nc(Cl)cc(N2CCN(c3ccc(F)cc3)CC2)n1. The van der Waals surface area contributed by atoms with Gasteiger partial charge in [-0.2, -0.15) is 0 Å². The predicted molar refractivity (Wildman–Crippen MR) is 89.6 cm³/mol. The van der Waals surface area contributed by atoms with Gasteiger partial charge in [0, 0.05) is 37.9 Å². The maximum atomic E-state index is 13.0. The van der Waals surface area contributed by atoms with Crippen LogP contribution in [0.3, 0.4) is 0 Å². The van der Waals surface area contributed by atoms with Gasteiger partial charge < -0.3 is 9.80 Å². The van der Waals surface area contributed by atoms with Crippen LogP contribution in [0.1, 0.15) is 0 Å². The Labute approximate surface area is 138 Å².